The number of nitrogens with zero attached hydrogens (tertiary/aromatic N) is 1. The Hall–Kier alpha value is 0.177. The fraction of sp³-hybridized carbons (Fsp3) is 1.00. The van der Waals surface area contributed by atoms with Crippen LogP contribution in [0.4, 0.5) is 0 Å². The summed E-state index contributed by atoms with van der Waals surface area (Å²) in [6.07, 6.45) is 9.07. The lowest BCUT2D eigenvalue weighted by Crippen LogP contribution is -2.50. The molecule has 1 saturated carbocycles. The first-order valence-electron chi connectivity index (χ1n) is 6.17. The van der Waals surface area contributed by atoms with Crippen LogP contribution in [0, 0.1) is 0 Å². The quantitative estimate of drug-likeness (QED) is 0.629. The van der Waals surface area contributed by atoms with Gasteiger partial charge in [-0.25, -0.2) is 0 Å². The molecule has 0 radical (unpaired) electrons. The second-order valence-corrected chi connectivity index (χ2v) is 7.83. The predicted molar refractivity (Wildman–Crippen MR) is 60.6 cm³/mol. The summed E-state index contributed by atoms with van der Waals surface area (Å²) in [5.41, 5.74) is 0. The lowest BCUT2D eigenvalue weighted by atomic mass is 9.95. The Balaban J connectivity index is 1.86. The molecule has 0 aromatic rings. The average molecular weight is 197 g/mol. The molecule has 2 aliphatic rings. The SMILES string of the molecule is CCN(C1CCCCC1)[SiH]1CCC1. The molecule has 13 heavy (non-hydrogen) atoms. The van der Waals surface area contributed by atoms with Gasteiger partial charge in [-0.1, -0.05) is 32.6 Å². The van der Waals surface area contributed by atoms with Crippen molar-refractivity contribution in [2.75, 3.05) is 6.54 Å². The van der Waals surface area contributed by atoms with Crippen LogP contribution in [0.3, 0.4) is 0 Å². The van der Waals surface area contributed by atoms with E-state index in [-0.39, 0.29) is 8.96 Å². The van der Waals surface area contributed by atoms with Gasteiger partial charge < -0.3 is 4.57 Å². The zero-order valence-corrected chi connectivity index (χ0v) is 10.1. The van der Waals surface area contributed by atoms with Gasteiger partial charge in [-0.15, -0.1) is 0 Å². The van der Waals surface area contributed by atoms with Crippen LogP contribution in [0.1, 0.15) is 45.4 Å². The fourth-order valence-electron chi connectivity index (χ4n) is 2.95. The molecule has 1 aliphatic carbocycles. The monoisotopic (exact) mass is 197 g/mol. The van der Waals surface area contributed by atoms with E-state index < -0.39 is 0 Å². The van der Waals surface area contributed by atoms with Crippen molar-refractivity contribution in [2.45, 2.75) is 63.6 Å². The molecule has 2 rings (SSSR count). The molecule has 1 heterocycles. The molecule has 0 aromatic carbocycles. The maximum absolute atomic E-state index is 2.93. The van der Waals surface area contributed by atoms with E-state index in [1.807, 2.05) is 0 Å². The highest BCUT2D eigenvalue weighted by molar-refractivity contribution is 6.58. The number of rotatable bonds is 3. The molecule has 0 spiro atoms. The first-order chi connectivity index (χ1) is 6.42. The van der Waals surface area contributed by atoms with Crippen LogP contribution in [-0.2, 0) is 0 Å². The summed E-state index contributed by atoms with van der Waals surface area (Å²) in [6, 6.07) is 4.24. The van der Waals surface area contributed by atoms with E-state index in [9.17, 15) is 0 Å². The summed E-state index contributed by atoms with van der Waals surface area (Å²) >= 11 is 0. The molecular formula is C11H23NSi. The van der Waals surface area contributed by atoms with Crippen LogP contribution >= 0.6 is 0 Å². The van der Waals surface area contributed by atoms with Crippen molar-refractivity contribution >= 4 is 8.96 Å². The van der Waals surface area contributed by atoms with E-state index in [1.165, 1.54) is 38.6 Å². The number of hydrogen-bond donors (Lipinski definition) is 0. The van der Waals surface area contributed by atoms with Gasteiger partial charge >= 0.3 is 0 Å². The van der Waals surface area contributed by atoms with Gasteiger partial charge in [0.05, 0.1) is 0 Å². The van der Waals surface area contributed by atoms with E-state index in [0.29, 0.717) is 0 Å². The van der Waals surface area contributed by atoms with Crippen LogP contribution in [-0.4, -0.2) is 26.1 Å². The van der Waals surface area contributed by atoms with Crippen molar-refractivity contribution in [3.63, 3.8) is 0 Å². The molecule has 0 aromatic heterocycles. The third-order valence-corrected chi connectivity index (χ3v) is 7.83. The molecule has 0 unspecified atom stereocenters. The van der Waals surface area contributed by atoms with Crippen molar-refractivity contribution in [3.05, 3.63) is 0 Å². The summed E-state index contributed by atoms with van der Waals surface area (Å²) in [4.78, 5) is 0. The average Bonchev–Trinajstić information content (AvgIpc) is 2.12. The molecule has 2 fully saturated rings. The van der Waals surface area contributed by atoms with Gasteiger partial charge in [-0.3, -0.25) is 0 Å². The van der Waals surface area contributed by atoms with Crippen molar-refractivity contribution in [3.8, 4) is 0 Å². The minimum atomic E-state index is -0.356. The minimum Gasteiger partial charge on any atom is -0.324 e. The van der Waals surface area contributed by atoms with Crippen molar-refractivity contribution in [2.24, 2.45) is 0 Å². The Morgan fingerprint density at radius 3 is 2.23 bits per heavy atom. The Kier molecular flexibility index (Phi) is 3.44. The highest BCUT2D eigenvalue weighted by Gasteiger charge is 2.31. The molecule has 2 heteroatoms. The zero-order valence-electron chi connectivity index (χ0n) is 8.97. The van der Waals surface area contributed by atoms with E-state index in [2.05, 4.69) is 11.5 Å². The number of hydrogen-bond acceptors (Lipinski definition) is 1. The van der Waals surface area contributed by atoms with Crippen molar-refractivity contribution in [1.82, 2.24) is 4.57 Å². The van der Waals surface area contributed by atoms with Crippen LogP contribution in [0.15, 0.2) is 0 Å². The van der Waals surface area contributed by atoms with Gasteiger partial charge in [0.1, 0.15) is 8.96 Å². The first kappa shape index (κ1) is 9.72. The summed E-state index contributed by atoms with van der Waals surface area (Å²) in [5.74, 6) is 0. The second-order valence-electron chi connectivity index (χ2n) is 4.71. The van der Waals surface area contributed by atoms with E-state index in [4.69, 9.17) is 0 Å². The molecule has 0 amide bonds. The lowest BCUT2D eigenvalue weighted by Gasteiger charge is -2.42. The predicted octanol–water partition coefficient (Wildman–Crippen LogP) is 2.77. The summed E-state index contributed by atoms with van der Waals surface area (Å²) in [6.45, 7) is 3.72. The van der Waals surface area contributed by atoms with Crippen LogP contribution in [0.5, 0.6) is 0 Å². The van der Waals surface area contributed by atoms with Crippen molar-refractivity contribution in [1.29, 1.82) is 0 Å². The van der Waals surface area contributed by atoms with Gasteiger partial charge in [0.2, 0.25) is 0 Å². The van der Waals surface area contributed by atoms with Crippen LogP contribution in [0.25, 0.3) is 0 Å². The molecule has 0 bridgehead atoms. The minimum absolute atomic E-state index is 0.356. The largest absolute Gasteiger partial charge is 0.324 e. The van der Waals surface area contributed by atoms with E-state index >= 15 is 0 Å². The van der Waals surface area contributed by atoms with Gasteiger partial charge in [0, 0.05) is 6.04 Å². The summed E-state index contributed by atoms with van der Waals surface area (Å²) < 4.78 is 2.93. The molecule has 1 aliphatic heterocycles. The zero-order chi connectivity index (χ0) is 9.10. The Morgan fingerprint density at radius 1 is 1.08 bits per heavy atom. The maximum atomic E-state index is 2.93. The van der Waals surface area contributed by atoms with E-state index in [1.54, 1.807) is 18.5 Å². The molecule has 1 nitrogen and oxygen atoms in total. The molecule has 0 N–H and O–H groups in total. The smallest absolute Gasteiger partial charge is 0.112 e. The standard InChI is InChI=1S/C11H23NSi/c1-2-12(13-9-6-10-13)11-7-4-3-5-8-11/h11,13H,2-10H2,1H3. The maximum Gasteiger partial charge on any atom is 0.112 e. The van der Waals surface area contributed by atoms with E-state index in [0.717, 1.165) is 6.04 Å². The second kappa shape index (κ2) is 4.60. The summed E-state index contributed by atoms with van der Waals surface area (Å²) in [7, 11) is -0.356. The van der Waals surface area contributed by atoms with Gasteiger partial charge in [0.25, 0.3) is 0 Å². The highest BCUT2D eigenvalue weighted by atomic mass is 28.3. The van der Waals surface area contributed by atoms with Crippen LogP contribution in [0.2, 0.25) is 12.1 Å². The van der Waals surface area contributed by atoms with Crippen LogP contribution < -0.4 is 0 Å². The topological polar surface area (TPSA) is 3.24 Å². The third kappa shape index (κ3) is 2.16. The Morgan fingerprint density at radius 2 is 1.77 bits per heavy atom. The van der Waals surface area contributed by atoms with Crippen molar-refractivity contribution < 1.29 is 0 Å². The van der Waals surface area contributed by atoms with Gasteiger partial charge in [-0.2, -0.15) is 0 Å². The Labute approximate surface area is 84.2 Å². The molecule has 76 valence electrons. The molecular weight excluding hydrogens is 174 g/mol. The first-order valence-corrected chi connectivity index (χ1v) is 8.32. The molecule has 1 saturated heterocycles. The lowest BCUT2D eigenvalue weighted by molar-refractivity contribution is 0.254. The third-order valence-electron chi connectivity index (χ3n) is 3.95. The van der Waals surface area contributed by atoms with Gasteiger partial charge in [-0.05, 0) is 31.5 Å². The Bertz CT molecular complexity index is 150. The molecule has 0 atom stereocenters. The highest BCUT2D eigenvalue weighted by Crippen LogP contribution is 2.30. The fourth-order valence-corrected chi connectivity index (χ4v) is 5.79. The van der Waals surface area contributed by atoms with Gasteiger partial charge in [0.15, 0.2) is 0 Å². The normalized spacial score (nSPS) is 26.3. The summed E-state index contributed by atoms with van der Waals surface area (Å²) in [5, 5.41) is 0.